The van der Waals surface area contributed by atoms with Crippen molar-refractivity contribution in [2.75, 3.05) is 7.11 Å². The molecule has 0 aliphatic rings. The fraction of sp³-hybridized carbons (Fsp3) is 0.462. The van der Waals surface area contributed by atoms with Crippen molar-refractivity contribution in [2.45, 2.75) is 26.7 Å². The predicted molar refractivity (Wildman–Crippen MR) is 66.2 cm³/mol. The molecule has 2 nitrogen and oxygen atoms in total. The van der Waals surface area contributed by atoms with Crippen LogP contribution in [0.1, 0.15) is 25.8 Å². The number of hydrogen-bond donors (Lipinski definition) is 0. The normalized spacial score (nSPS) is 12.2. The largest absolute Gasteiger partial charge is 0.495 e. The van der Waals surface area contributed by atoms with Crippen LogP contribution in [0.5, 0.6) is 5.75 Å². The summed E-state index contributed by atoms with van der Waals surface area (Å²) in [6.07, 6.45) is 1.32. The Morgan fingerprint density at radius 3 is 2.69 bits per heavy atom. The third-order valence-electron chi connectivity index (χ3n) is 2.66. The van der Waals surface area contributed by atoms with E-state index >= 15 is 0 Å². The van der Waals surface area contributed by atoms with Crippen molar-refractivity contribution in [2.24, 2.45) is 5.92 Å². The minimum atomic E-state index is 0.0504. The molecule has 0 radical (unpaired) electrons. The standard InChI is InChI=1S/C13H17ClO2/c1-4-12(15)9(2)7-10-5-6-13(16-3)11(14)8-10/h5-6,8-9H,4,7H2,1-3H3. The Hall–Kier alpha value is -1.02. The highest BCUT2D eigenvalue weighted by Gasteiger charge is 2.12. The zero-order valence-electron chi connectivity index (χ0n) is 9.92. The van der Waals surface area contributed by atoms with Gasteiger partial charge in [-0.2, -0.15) is 0 Å². The number of Topliss-reactive ketones (excluding diaryl/α,β-unsaturated/α-hetero) is 1. The first-order chi connectivity index (χ1) is 7.58. The van der Waals surface area contributed by atoms with Gasteiger partial charge in [0.15, 0.2) is 0 Å². The number of halogens is 1. The van der Waals surface area contributed by atoms with Gasteiger partial charge in [-0.3, -0.25) is 4.79 Å². The molecule has 0 aromatic heterocycles. The lowest BCUT2D eigenvalue weighted by molar-refractivity contribution is -0.122. The zero-order valence-corrected chi connectivity index (χ0v) is 10.7. The van der Waals surface area contributed by atoms with Gasteiger partial charge >= 0.3 is 0 Å². The van der Waals surface area contributed by atoms with Crippen molar-refractivity contribution in [3.63, 3.8) is 0 Å². The summed E-state index contributed by atoms with van der Waals surface area (Å²) in [7, 11) is 1.59. The quantitative estimate of drug-likeness (QED) is 0.787. The van der Waals surface area contributed by atoms with Crippen LogP contribution in [0.25, 0.3) is 0 Å². The molecule has 0 amide bonds. The topological polar surface area (TPSA) is 26.3 Å². The molecule has 1 atom stereocenters. The van der Waals surface area contributed by atoms with Gasteiger partial charge in [0.2, 0.25) is 0 Å². The smallest absolute Gasteiger partial charge is 0.137 e. The minimum Gasteiger partial charge on any atom is -0.495 e. The number of rotatable bonds is 5. The van der Waals surface area contributed by atoms with Gasteiger partial charge in [0, 0.05) is 12.3 Å². The number of hydrogen-bond acceptors (Lipinski definition) is 2. The van der Waals surface area contributed by atoms with Crippen molar-refractivity contribution in [1.82, 2.24) is 0 Å². The summed E-state index contributed by atoms with van der Waals surface area (Å²) in [5.41, 5.74) is 1.07. The second-order valence-corrected chi connectivity index (χ2v) is 4.30. The van der Waals surface area contributed by atoms with E-state index in [0.29, 0.717) is 17.2 Å². The monoisotopic (exact) mass is 240 g/mol. The van der Waals surface area contributed by atoms with E-state index in [-0.39, 0.29) is 11.7 Å². The van der Waals surface area contributed by atoms with Crippen LogP contribution >= 0.6 is 11.6 Å². The number of carbonyl (C=O) groups is 1. The number of ketones is 1. The molecule has 1 rings (SSSR count). The Kier molecular flexibility index (Phi) is 4.81. The molecule has 0 N–H and O–H groups in total. The van der Waals surface area contributed by atoms with Crippen molar-refractivity contribution < 1.29 is 9.53 Å². The molecule has 0 saturated heterocycles. The first kappa shape index (κ1) is 13.0. The summed E-state index contributed by atoms with van der Waals surface area (Å²) in [6.45, 7) is 3.84. The van der Waals surface area contributed by atoms with Gasteiger partial charge in [0.1, 0.15) is 11.5 Å². The van der Waals surface area contributed by atoms with Crippen LogP contribution in [0.4, 0.5) is 0 Å². The van der Waals surface area contributed by atoms with E-state index in [1.165, 1.54) is 0 Å². The molecule has 16 heavy (non-hydrogen) atoms. The Morgan fingerprint density at radius 1 is 1.50 bits per heavy atom. The third kappa shape index (κ3) is 3.24. The average Bonchev–Trinajstić information content (AvgIpc) is 2.28. The third-order valence-corrected chi connectivity index (χ3v) is 2.95. The molecule has 3 heteroatoms. The number of benzene rings is 1. The van der Waals surface area contributed by atoms with Gasteiger partial charge in [-0.25, -0.2) is 0 Å². The van der Waals surface area contributed by atoms with Gasteiger partial charge in [0.25, 0.3) is 0 Å². The van der Waals surface area contributed by atoms with E-state index in [4.69, 9.17) is 16.3 Å². The molecule has 0 aliphatic carbocycles. The first-order valence-electron chi connectivity index (χ1n) is 5.43. The fourth-order valence-corrected chi connectivity index (χ4v) is 1.93. The molecule has 0 fully saturated rings. The molecule has 0 spiro atoms. The molecular weight excluding hydrogens is 224 g/mol. The molecule has 1 aromatic carbocycles. The summed E-state index contributed by atoms with van der Waals surface area (Å²) < 4.78 is 5.07. The van der Waals surface area contributed by atoms with Gasteiger partial charge in [-0.15, -0.1) is 0 Å². The summed E-state index contributed by atoms with van der Waals surface area (Å²) in [5, 5.41) is 0.594. The summed E-state index contributed by atoms with van der Waals surface area (Å²) >= 11 is 6.02. The highest BCUT2D eigenvalue weighted by molar-refractivity contribution is 6.32. The van der Waals surface area contributed by atoms with E-state index < -0.39 is 0 Å². The lowest BCUT2D eigenvalue weighted by Crippen LogP contribution is -2.12. The molecule has 88 valence electrons. The van der Waals surface area contributed by atoms with Gasteiger partial charge in [-0.1, -0.05) is 31.5 Å². The van der Waals surface area contributed by atoms with E-state index in [0.717, 1.165) is 12.0 Å². The van der Waals surface area contributed by atoms with Gasteiger partial charge in [-0.05, 0) is 24.1 Å². The second-order valence-electron chi connectivity index (χ2n) is 3.89. The van der Waals surface area contributed by atoms with Crippen LogP contribution in [-0.4, -0.2) is 12.9 Å². The van der Waals surface area contributed by atoms with E-state index in [1.807, 2.05) is 32.0 Å². The van der Waals surface area contributed by atoms with Gasteiger partial charge in [0.05, 0.1) is 12.1 Å². The Labute approximate surface area is 102 Å². The Morgan fingerprint density at radius 2 is 2.19 bits per heavy atom. The number of methoxy groups -OCH3 is 1. The first-order valence-corrected chi connectivity index (χ1v) is 5.81. The maximum absolute atomic E-state index is 11.5. The van der Waals surface area contributed by atoms with Crippen LogP contribution in [0.15, 0.2) is 18.2 Å². The van der Waals surface area contributed by atoms with Crippen LogP contribution in [0, 0.1) is 5.92 Å². The summed E-state index contributed by atoms with van der Waals surface area (Å²) in [4.78, 5) is 11.5. The zero-order chi connectivity index (χ0) is 12.1. The van der Waals surface area contributed by atoms with E-state index in [1.54, 1.807) is 7.11 Å². The van der Waals surface area contributed by atoms with Gasteiger partial charge < -0.3 is 4.74 Å². The number of carbonyl (C=O) groups excluding carboxylic acids is 1. The highest BCUT2D eigenvalue weighted by Crippen LogP contribution is 2.26. The molecule has 1 unspecified atom stereocenters. The Balaban J connectivity index is 2.75. The SMILES string of the molecule is CCC(=O)C(C)Cc1ccc(OC)c(Cl)c1. The fourth-order valence-electron chi connectivity index (χ4n) is 1.65. The van der Waals surface area contributed by atoms with E-state index in [9.17, 15) is 4.79 Å². The summed E-state index contributed by atoms with van der Waals surface area (Å²) in [5.74, 6) is 1.00. The Bertz CT molecular complexity index is 374. The molecule has 0 saturated carbocycles. The molecule has 0 heterocycles. The number of ether oxygens (including phenoxy) is 1. The van der Waals surface area contributed by atoms with Crippen LogP contribution in [-0.2, 0) is 11.2 Å². The van der Waals surface area contributed by atoms with Crippen molar-refractivity contribution >= 4 is 17.4 Å². The van der Waals surface area contributed by atoms with Crippen LogP contribution < -0.4 is 4.74 Å². The average molecular weight is 241 g/mol. The van der Waals surface area contributed by atoms with Crippen LogP contribution in [0.3, 0.4) is 0 Å². The van der Waals surface area contributed by atoms with E-state index in [2.05, 4.69) is 0 Å². The second kappa shape index (κ2) is 5.90. The molecule has 0 bridgehead atoms. The van der Waals surface area contributed by atoms with Crippen molar-refractivity contribution in [3.8, 4) is 5.75 Å². The molecular formula is C13H17ClO2. The minimum absolute atomic E-state index is 0.0504. The highest BCUT2D eigenvalue weighted by atomic mass is 35.5. The van der Waals surface area contributed by atoms with Crippen molar-refractivity contribution in [3.05, 3.63) is 28.8 Å². The lowest BCUT2D eigenvalue weighted by atomic mass is 9.96. The maximum Gasteiger partial charge on any atom is 0.137 e. The predicted octanol–water partition coefficient (Wildman–Crippen LogP) is 3.51. The van der Waals surface area contributed by atoms with Crippen molar-refractivity contribution in [1.29, 1.82) is 0 Å². The molecule has 0 aliphatic heterocycles. The maximum atomic E-state index is 11.5. The summed E-state index contributed by atoms with van der Waals surface area (Å²) in [6, 6.07) is 5.64. The van der Waals surface area contributed by atoms with Crippen LogP contribution in [0.2, 0.25) is 5.02 Å². The molecule has 1 aromatic rings. The lowest BCUT2D eigenvalue weighted by Gasteiger charge is -2.10.